The van der Waals surface area contributed by atoms with Gasteiger partial charge < -0.3 is 4.90 Å². The van der Waals surface area contributed by atoms with Crippen LogP contribution in [0.25, 0.3) is 0 Å². The smallest absolute Gasteiger partial charge is 0.254 e. The highest BCUT2D eigenvalue weighted by Gasteiger charge is 2.24. The lowest BCUT2D eigenvalue weighted by Gasteiger charge is -2.32. The van der Waals surface area contributed by atoms with E-state index in [1.807, 2.05) is 22.7 Å². The molecule has 18 heavy (non-hydrogen) atoms. The molecule has 1 aliphatic rings. The minimum Gasteiger partial charge on any atom is -0.337 e. The van der Waals surface area contributed by atoms with Crippen LogP contribution in [0.15, 0.2) is 22.7 Å². The molecule has 0 radical (unpaired) electrons. The molecule has 1 fully saturated rings. The van der Waals surface area contributed by atoms with Crippen LogP contribution < -0.4 is 0 Å². The Kier molecular flexibility index (Phi) is 4.98. The van der Waals surface area contributed by atoms with Gasteiger partial charge in [-0.25, -0.2) is 0 Å². The molecule has 1 aliphatic heterocycles. The Hall–Kier alpha value is -0.190. The third-order valence-corrected chi connectivity index (χ3v) is 5.04. The van der Waals surface area contributed by atoms with Crippen LogP contribution >= 0.6 is 39.3 Å². The van der Waals surface area contributed by atoms with Gasteiger partial charge in [0, 0.05) is 39.2 Å². The first-order valence-electron chi connectivity index (χ1n) is 5.97. The van der Waals surface area contributed by atoms with E-state index in [9.17, 15) is 4.79 Å². The molecule has 0 spiro atoms. The Bertz CT molecular complexity index is 434. The van der Waals surface area contributed by atoms with Crippen molar-refractivity contribution < 1.29 is 4.79 Å². The largest absolute Gasteiger partial charge is 0.337 e. The summed E-state index contributed by atoms with van der Waals surface area (Å²) in [6.07, 6.45) is 1.10. The lowest BCUT2D eigenvalue weighted by atomic mass is 10.2. The quantitative estimate of drug-likeness (QED) is 0.803. The van der Waals surface area contributed by atoms with Gasteiger partial charge in [-0.2, -0.15) is 11.8 Å². The molecule has 1 amide bonds. The maximum absolute atomic E-state index is 12.4. The van der Waals surface area contributed by atoms with Crippen LogP contribution in [0.1, 0.15) is 23.7 Å². The highest BCUT2D eigenvalue weighted by atomic mass is 79.9. The van der Waals surface area contributed by atoms with Gasteiger partial charge in [0.05, 0.1) is 0 Å². The zero-order valence-electron chi connectivity index (χ0n) is 10.2. The molecule has 0 bridgehead atoms. The zero-order chi connectivity index (χ0) is 13.1. The fourth-order valence-corrected chi connectivity index (χ4v) is 4.05. The minimum absolute atomic E-state index is 0.0805. The van der Waals surface area contributed by atoms with Crippen LogP contribution in [0, 0.1) is 0 Å². The molecular weight excluding hydrogens is 334 g/mol. The Morgan fingerprint density at radius 1 is 1.56 bits per heavy atom. The van der Waals surface area contributed by atoms with Gasteiger partial charge in [0.1, 0.15) is 0 Å². The molecule has 1 aromatic rings. The molecule has 1 heterocycles. The van der Waals surface area contributed by atoms with E-state index >= 15 is 0 Å². The van der Waals surface area contributed by atoms with Gasteiger partial charge in [-0.05, 0) is 24.6 Å². The SMILES string of the molecule is CCC1CN(C(=O)c2cc(Cl)cc(Br)c2)CCS1. The monoisotopic (exact) mass is 347 g/mol. The van der Waals surface area contributed by atoms with E-state index in [1.165, 1.54) is 0 Å². The van der Waals surface area contributed by atoms with Gasteiger partial charge in [0.25, 0.3) is 5.91 Å². The van der Waals surface area contributed by atoms with Crippen molar-refractivity contribution in [2.75, 3.05) is 18.8 Å². The molecule has 1 aromatic carbocycles. The number of rotatable bonds is 2. The van der Waals surface area contributed by atoms with Crippen LogP contribution in [0.2, 0.25) is 5.02 Å². The lowest BCUT2D eigenvalue weighted by molar-refractivity contribution is 0.0761. The van der Waals surface area contributed by atoms with Gasteiger partial charge in [0.15, 0.2) is 0 Å². The summed E-state index contributed by atoms with van der Waals surface area (Å²) < 4.78 is 0.844. The summed E-state index contributed by atoms with van der Waals surface area (Å²) in [4.78, 5) is 14.3. The standard InChI is InChI=1S/C13H15BrClNOS/c1-2-12-8-16(3-4-18-12)13(17)9-5-10(14)7-11(15)6-9/h5-7,12H,2-4,8H2,1H3. The molecular formula is C13H15BrClNOS. The molecule has 0 N–H and O–H groups in total. The van der Waals surface area contributed by atoms with Gasteiger partial charge in [-0.3, -0.25) is 4.79 Å². The van der Waals surface area contributed by atoms with E-state index < -0.39 is 0 Å². The molecule has 1 unspecified atom stereocenters. The molecule has 0 aromatic heterocycles. The predicted molar refractivity (Wildman–Crippen MR) is 81.6 cm³/mol. The van der Waals surface area contributed by atoms with Crippen molar-refractivity contribution >= 4 is 45.2 Å². The van der Waals surface area contributed by atoms with Gasteiger partial charge >= 0.3 is 0 Å². The Labute approximate surface area is 125 Å². The van der Waals surface area contributed by atoms with E-state index in [0.29, 0.717) is 15.8 Å². The van der Waals surface area contributed by atoms with Crippen molar-refractivity contribution in [3.8, 4) is 0 Å². The fraction of sp³-hybridized carbons (Fsp3) is 0.462. The van der Waals surface area contributed by atoms with Crippen molar-refractivity contribution in [3.05, 3.63) is 33.3 Å². The molecule has 5 heteroatoms. The number of carbonyl (C=O) groups is 1. The average molecular weight is 349 g/mol. The van der Waals surface area contributed by atoms with Crippen LogP contribution in [-0.4, -0.2) is 34.9 Å². The first-order chi connectivity index (χ1) is 8.60. The average Bonchev–Trinajstić information content (AvgIpc) is 2.37. The number of carbonyl (C=O) groups excluding carboxylic acids is 1. The molecule has 1 saturated heterocycles. The van der Waals surface area contributed by atoms with Crippen LogP contribution in [0.4, 0.5) is 0 Å². The third-order valence-electron chi connectivity index (χ3n) is 2.99. The topological polar surface area (TPSA) is 20.3 Å². The number of benzene rings is 1. The summed E-state index contributed by atoms with van der Waals surface area (Å²) in [7, 11) is 0. The summed E-state index contributed by atoms with van der Waals surface area (Å²) in [6, 6.07) is 5.35. The first-order valence-corrected chi connectivity index (χ1v) is 8.19. The summed E-state index contributed by atoms with van der Waals surface area (Å²) in [5, 5.41) is 1.15. The highest BCUT2D eigenvalue weighted by Crippen LogP contribution is 2.25. The van der Waals surface area contributed by atoms with Crippen LogP contribution in [-0.2, 0) is 0 Å². The maximum Gasteiger partial charge on any atom is 0.254 e. The molecule has 2 nitrogen and oxygen atoms in total. The maximum atomic E-state index is 12.4. The second-order valence-corrected chi connectivity index (χ2v) is 7.07. The number of amides is 1. The third kappa shape index (κ3) is 3.43. The molecule has 0 saturated carbocycles. The first kappa shape index (κ1) is 14.2. The van der Waals surface area contributed by atoms with E-state index in [2.05, 4.69) is 22.9 Å². The highest BCUT2D eigenvalue weighted by molar-refractivity contribution is 9.10. The van der Waals surface area contributed by atoms with Gasteiger partial charge in [0.2, 0.25) is 0 Å². The van der Waals surface area contributed by atoms with Crippen molar-refractivity contribution in [1.29, 1.82) is 0 Å². The Morgan fingerprint density at radius 2 is 2.33 bits per heavy atom. The second-order valence-electron chi connectivity index (χ2n) is 4.31. The van der Waals surface area contributed by atoms with Crippen LogP contribution in [0.5, 0.6) is 0 Å². The van der Waals surface area contributed by atoms with E-state index in [0.717, 1.165) is 29.7 Å². The Morgan fingerprint density at radius 3 is 3.00 bits per heavy atom. The van der Waals surface area contributed by atoms with E-state index in [-0.39, 0.29) is 5.91 Å². The van der Waals surface area contributed by atoms with Gasteiger partial charge in [-0.1, -0.05) is 34.5 Å². The predicted octanol–water partition coefficient (Wildman–Crippen LogP) is 4.07. The summed E-state index contributed by atoms with van der Waals surface area (Å²) >= 11 is 11.3. The molecule has 1 atom stereocenters. The number of thioether (sulfide) groups is 1. The Balaban J connectivity index is 2.15. The number of hydrogen-bond acceptors (Lipinski definition) is 2. The number of halogens is 2. The molecule has 2 rings (SSSR count). The van der Waals surface area contributed by atoms with Gasteiger partial charge in [-0.15, -0.1) is 0 Å². The fourth-order valence-electron chi connectivity index (χ4n) is 2.01. The van der Waals surface area contributed by atoms with Crippen LogP contribution in [0.3, 0.4) is 0 Å². The zero-order valence-corrected chi connectivity index (χ0v) is 13.3. The van der Waals surface area contributed by atoms with E-state index in [4.69, 9.17) is 11.6 Å². The normalized spacial score (nSPS) is 19.9. The number of nitrogens with zero attached hydrogens (tertiary/aromatic N) is 1. The summed E-state index contributed by atoms with van der Waals surface area (Å²) in [5.74, 6) is 1.10. The lowest BCUT2D eigenvalue weighted by Crippen LogP contribution is -2.41. The summed E-state index contributed by atoms with van der Waals surface area (Å²) in [6.45, 7) is 3.83. The van der Waals surface area contributed by atoms with Crippen molar-refractivity contribution in [2.24, 2.45) is 0 Å². The van der Waals surface area contributed by atoms with Crippen molar-refractivity contribution in [2.45, 2.75) is 18.6 Å². The van der Waals surface area contributed by atoms with E-state index in [1.54, 1.807) is 12.1 Å². The molecule has 98 valence electrons. The number of hydrogen-bond donors (Lipinski definition) is 0. The molecule has 0 aliphatic carbocycles. The minimum atomic E-state index is 0.0805. The second kappa shape index (κ2) is 6.31. The van der Waals surface area contributed by atoms with Crippen molar-refractivity contribution in [1.82, 2.24) is 4.90 Å². The summed E-state index contributed by atoms with van der Waals surface area (Å²) in [5.41, 5.74) is 0.663. The van der Waals surface area contributed by atoms with Crippen molar-refractivity contribution in [3.63, 3.8) is 0 Å².